The van der Waals surface area contributed by atoms with Gasteiger partial charge in [0.05, 0.1) is 0 Å². The van der Waals surface area contributed by atoms with E-state index in [-0.39, 0.29) is 12.1 Å². The van der Waals surface area contributed by atoms with Gasteiger partial charge in [-0.3, -0.25) is 0 Å². The number of hydrogen-bond donors (Lipinski definition) is 2. The lowest BCUT2D eigenvalue weighted by Crippen LogP contribution is -2.27. The summed E-state index contributed by atoms with van der Waals surface area (Å²) in [6, 6.07) is 13.6. The summed E-state index contributed by atoms with van der Waals surface area (Å²) in [6.07, 6.45) is 0. The van der Waals surface area contributed by atoms with Crippen molar-refractivity contribution in [3.05, 3.63) is 58.6 Å². The first-order chi connectivity index (χ1) is 12.2. The van der Waals surface area contributed by atoms with E-state index in [4.69, 9.17) is 23.2 Å². The molecule has 0 aromatic heterocycles. The Morgan fingerprint density at radius 2 is 0.923 bits per heavy atom. The van der Waals surface area contributed by atoms with Crippen molar-refractivity contribution in [2.75, 3.05) is 38.8 Å². The average molecular weight is 397 g/mol. The summed E-state index contributed by atoms with van der Waals surface area (Å²) in [7, 11) is 6.74. The Morgan fingerprint density at radius 3 is 1.15 bits per heavy atom. The SMILES string of the molecule is CN(C)C(=O)Nc1ccc(Cl)cc1.CN(C)C(=O)Nc1ccc(Cl)cc1. The summed E-state index contributed by atoms with van der Waals surface area (Å²) < 4.78 is 0. The molecule has 0 aliphatic rings. The van der Waals surface area contributed by atoms with E-state index in [0.717, 1.165) is 11.4 Å². The number of amides is 4. The van der Waals surface area contributed by atoms with Crippen LogP contribution in [0.4, 0.5) is 21.0 Å². The predicted molar refractivity (Wildman–Crippen MR) is 108 cm³/mol. The van der Waals surface area contributed by atoms with Crippen molar-refractivity contribution in [3.8, 4) is 0 Å². The molecule has 26 heavy (non-hydrogen) atoms. The Balaban J connectivity index is 0.000000260. The monoisotopic (exact) mass is 396 g/mol. The molecule has 0 spiro atoms. The highest BCUT2D eigenvalue weighted by Gasteiger charge is 2.03. The molecule has 2 rings (SSSR count). The maximum atomic E-state index is 11.2. The topological polar surface area (TPSA) is 64.7 Å². The Bertz CT molecular complexity index is 653. The van der Waals surface area contributed by atoms with Gasteiger partial charge in [0.25, 0.3) is 0 Å². The minimum Gasteiger partial charge on any atom is -0.331 e. The third-order valence-electron chi connectivity index (χ3n) is 3.00. The van der Waals surface area contributed by atoms with E-state index < -0.39 is 0 Å². The smallest absolute Gasteiger partial charge is 0.321 e. The largest absolute Gasteiger partial charge is 0.331 e. The van der Waals surface area contributed by atoms with Crippen LogP contribution < -0.4 is 10.6 Å². The van der Waals surface area contributed by atoms with Crippen LogP contribution in [0.2, 0.25) is 10.0 Å². The molecular weight excluding hydrogens is 375 g/mol. The van der Waals surface area contributed by atoms with Crippen molar-refractivity contribution >= 4 is 46.6 Å². The summed E-state index contributed by atoms with van der Waals surface area (Å²) in [5.74, 6) is 0. The van der Waals surface area contributed by atoms with Crippen LogP contribution >= 0.6 is 23.2 Å². The molecule has 6 nitrogen and oxygen atoms in total. The molecule has 0 bridgehead atoms. The van der Waals surface area contributed by atoms with Crippen LogP contribution in [-0.4, -0.2) is 50.1 Å². The van der Waals surface area contributed by atoms with Crippen LogP contribution in [-0.2, 0) is 0 Å². The highest BCUT2D eigenvalue weighted by molar-refractivity contribution is 6.30. The lowest BCUT2D eigenvalue weighted by atomic mass is 10.3. The molecule has 2 aromatic carbocycles. The normalized spacial score (nSPS) is 9.46. The van der Waals surface area contributed by atoms with Crippen molar-refractivity contribution in [2.45, 2.75) is 0 Å². The quantitative estimate of drug-likeness (QED) is 0.760. The Labute approximate surface area is 163 Å². The van der Waals surface area contributed by atoms with Crippen molar-refractivity contribution < 1.29 is 9.59 Å². The number of anilines is 2. The molecule has 0 saturated carbocycles. The molecule has 140 valence electrons. The summed E-state index contributed by atoms with van der Waals surface area (Å²) in [6.45, 7) is 0. The van der Waals surface area contributed by atoms with Gasteiger partial charge in [0.15, 0.2) is 0 Å². The van der Waals surface area contributed by atoms with Gasteiger partial charge in [-0.15, -0.1) is 0 Å². The van der Waals surface area contributed by atoms with Gasteiger partial charge in [0.1, 0.15) is 0 Å². The van der Waals surface area contributed by atoms with Crippen LogP contribution in [0.3, 0.4) is 0 Å². The molecular formula is C18H22Cl2N4O2. The highest BCUT2D eigenvalue weighted by Crippen LogP contribution is 2.14. The van der Waals surface area contributed by atoms with Crippen LogP contribution in [0.25, 0.3) is 0 Å². The van der Waals surface area contributed by atoms with Gasteiger partial charge in [0.2, 0.25) is 0 Å². The second-order valence-corrected chi connectivity index (χ2v) is 6.54. The van der Waals surface area contributed by atoms with Crippen molar-refractivity contribution in [2.24, 2.45) is 0 Å². The lowest BCUT2D eigenvalue weighted by Gasteiger charge is -2.11. The first-order valence-electron chi connectivity index (χ1n) is 7.67. The summed E-state index contributed by atoms with van der Waals surface area (Å²) in [5, 5.41) is 6.70. The number of hydrogen-bond acceptors (Lipinski definition) is 2. The van der Waals surface area contributed by atoms with E-state index in [1.165, 1.54) is 9.80 Å². The fourth-order valence-corrected chi connectivity index (χ4v) is 1.79. The predicted octanol–water partition coefficient (Wildman–Crippen LogP) is 4.87. The Kier molecular flexibility index (Phi) is 8.75. The van der Waals surface area contributed by atoms with Crippen LogP contribution in [0.5, 0.6) is 0 Å². The zero-order chi connectivity index (χ0) is 19.7. The molecule has 0 aliphatic heterocycles. The van der Waals surface area contributed by atoms with E-state index in [2.05, 4.69) is 10.6 Å². The van der Waals surface area contributed by atoms with E-state index in [1.54, 1.807) is 76.7 Å². The molecule has 0 atom stereocenters. The number of benzene rings is 2. The van der Waals surface area contributed by atoms with Gasteiger partial charge in [-0.1, -0.05) is 23.2 Å². The number of carbonyl (C=O) groups is 2. The van der Waals surface area contributed by atoms with E-state index in [9.17, 15) is 9.59 Å². The number of carbonyl (C=O) groups excluding carboxylic acids is 2. The first-order valence-corrected chi connectivity index (χ1v) is 8.42. The highest BCUT2D eigenvalue weighted by atomic mass is 35.5. The maximum Gasteiger partial charge on any atom is 0.321 e. The number of urea groups is 2. The molecule has 4 amide bonds. The number of nitrogens with zero attached hydrogens (tertiary/aromatic N) is 2. The van der Waals surface area contributed by atoms with Crippen LogP contribution in [0.1, 0.15) is 0 Å². The third kappa shape index (κ3) is 8.09. The minimum absolute atomic E-state index is 0.151. The summed E-state index contributed by atoms with van der Waals surface area (Å²) in [4.78, 5) is 25.3. The molecule has 0 fully saturated rings. The molecule has 0 saturated heterocycles. The van der Waals surface area contributed by atoms with E-state index in [1.807, 2.05) is 0 Å². The van der Waals surface area contributed by atoms with E-state index >= 15 is 0 Å². The van der Waals surface area contributed by atoms with Gasteiger partial charge in [-0.2, -0.15) is 0 Å². The van der Waals surface area contributed by atoms with Gasteiger partial charge in [0, 0.05) is 49.6 Å². The average Bonchev–Trinajstić information content (AvgIpc) is 2.59. The molecule has 0 radical (unpaired) electrons. The second kappa shape index (κ2) is 10.5. The number of nitrogens with one attached hydrogen (secondary N) is 2. The summed E-state index contributed by atoms with van der Waals surface area (Å²) >= 11 is 11.4. The fourth-order valence-electron chi connectivity index (χ4n) is 1.54. The first kappa shape index (κ1) is 21.6. The zero-order valence-corrected chi connectivity index (χ0v) is 16.6. The van der Waals surface area contributed by atoms with Crippen molar-refractivity contribution in [1.29, 1.82) is 0 Å². The van der Waals surface area contributed by atoms with Gasteiger partial charge >= 0.3 is 12.1 Å². The molecule has 0 aliphatic carbocycles. The molecule has 2 N–H and O–H groups in total. The number of halogens is 2. The van der Waals surface area contributed by atoms with Gasteiger partial charge < -0.3 is 20.4 Å². The fraction of sp³-hybridized carbons (Fsp3) is 0.222. The lowest BCUT2D eigenvalue weighted by molar-refractivity contribution is 0.230. The Hall–Kier alpha value is -2.44. The second-order valence-electron chi connectivity index (χ2n) is 5.66. The minimum atomic E-state index is -0.151. The number of rotatable bonds is 2. The third-order valence-corrected chi connectivity index (χ3v) is 3.51. The summed E-state index contributed by atoms with van der Waals surface area (Å²) in [5.41, 5.74) is 1.48. The van der Waals surface area contributed by atoms with Crippen LogP contribution in [0.15, 0.2) is 48.5 Å². The van der Waals surface area contributed by atoms with Crippen LogP contribution in [0, 0.1) is 0 Å². The zero-order valence-electron chi connectivity index (χ0n) is 15.1. The van der Waals surface area contributed by atoms with Crippen molar-refractivity contribution in [1.82, 2.24) is 9.80 Å². The molecule has 0 heterocycles. The van der Waals surface area contributed by atoms with Gasteiger partial charge in [-0.05, 0) is 48.5 Å². The van der Waals surface area contributed by atoms with Crippen molar-refractivity contribution in [3.63, 3.8) is 0 Å². The van der Waals surface area contributed by atoms with E-state index in [0.29, 0.717) is 10.0 Å². The molecule has 8 heteroatoms. The standard InChI is InChI=1S/2C9H11ClN2O/c2*1-12(2)9(13)11-8-5-3-7(10)4-6-8/h2*3-6H,1-2H3,(H,11,13). The maximum absolute atomic E-state index is 11.2. The molecule has 0 unspecified atom stereocenters. The van der Waals surface area contributed by atoms with Gasteiger partial charge in [-0.25, -0.2) is 9.59 Å². The molecule has 2 aromatic rings. The Morgan fingerprint density at radius 1 is 0.654 bits per heavy atom.